The molecule has 0 fully saturated rings. The first-order chi connectivity index (χ1) is 27.8. The fourth-order valence-electron chi connectivity index (χ4n) is 8.92. The van der Waals surface area contributed by atoms with Gasteiger partial charge in [0.25, 0.3) is 0 Å². The molecule has 3 heteroatoms. The van der Waals surface area contributed by atoms with Crippen LogP contribution in [0.3, 0.4) is 0 Å². The third-order valence-corrected chi connectivity index (χ3v) is 12.5. The van der Waals surface area contributed by atoms with Gasteiger partial charge in [-0.05, 0) is 68.8 Å². The molecule has 0 aliphatic heterocycles. The van der Waals surface area contributed by atoms with E-state index in [0.717, 1.165) is 28.1 Å². The molecule has 1 aliphatic rings. The summed E-state index contributed by atoms with van der Waals surface area (Å²) in [7, 11) is 0. The minimum atomic E-state index is -0.491. The van der Waals surface area contributed by atoms with Crippen molar-refractivity contribution in [1.82, 2.24) is 9.97 Å². The lowest BCUT2D eigenvalue weighted by molar-refractivity contribution is 0.768. The number of nitrogens with zero attached hydrogens (tertiary/aromatic N) is 2. The summed E-state index contributed by atoms with van der Waals surface area (Å²) < 4.78 is 2.62. The van der Waals surface area contributed by atoms with E-state index in [4.69, 9.17) is 9.97 Å². The summed E-state index contributed by atoms with van der Waals surface area (Å²) in [5, 5.41) is 2.62. The highest BCUT2D eigenvalue weighted by Crippen LogP contribution is 2.56. The molecule has 0 saturated heterocycles. The minimum Gasteiger partial charge on any atom is -0.228 e. The van der Waals surface area contributed by atoms with Crippen LogP contribution < -0.4 is 0 Å². The monoisotopic (exact) mass is 730 g/mol. The normalized spacial score (nSPS) is 12.8. The van der Waals surface area contributed by atoms with Gasteiger partial charge in [-0.3, -0.25) is 0 Å². The van der Waals surface area contributed by atoms with Gasteiger partial charge in [-0.25, -0.2) is 9.97 Å². The number of hydrogen-bond acceptors (Lipinski definition) is 3. The van der Waals surface area contributed by atoms with Crippen LogP contribution in [0.15, 0.2) is 206 Å². The number of benzene rings is 8. The third kappa shape index (κ3) is 5.09. The van der Waals surface area contributed by atoms with Crippen molar-refractivity contribution in [3.63, 3.8) is 0 Å². The van der Waals surface area contributed by atoms with E-state index in [-0.39, 0.29) is 0 Å². The molecule has 0 atom stereocenters. The average molecular weight is 731 g/mol. The van der Waals surface area contributed by atoms with Crippen molar-refractivity contribution in [1.29, 1.82) is 0 Å². The first kappa shape index (κ1) is 32.5. The van der Waals surface area contributed by atoms with Gasteiger partial charge in [0.05, 0.1) is 16.8 Å². The summed E-state index contributed by atoms with van der Waals surface area (Å²) in [5.74, 6) is 0.705. The van der Waals surface area contributed by atoms with Crippen molar-refractivity contribution in [2.45, 2.75) is 5.41 Å². The summed E-state index contributed by atoms with van der Waals surface area (Å²) >= 11 is 1.85. The van der Waals surface area contributed by atoms with Crippen LogP contribution in [0.5, 0.6) is 0 Å². The van der Waals surface area contributed by atoms with Gasteiger partial charge in [-0.2, -0.15) is 0 Å². The summed E-state index contributed by atoms with van der Waals surface area (Å²) in [6, 6.07) is 74.4. The SMILES string of the molecule is c1ccc(-c2nc(-c3ccc(-c4cccc5sc6ccccc6c45)cc3)cc(-c3cccc(C4(c5ccccc5)c5ccccc5-c5ccccc54)c3)n2)cc1. The molecule has 0 amide bonds. The van der Waals surface area contributed by atoms with Crippen LogP contribution in [0.4, 0.5) is 0 Å². The first-order valence-electron chi connectivity index (χ1n) is 19.1. The van der Waals surface area contributed by atoms with Gasteiger partial charge in [-0.1, -0.05) is 182 Å². The highest BCUT2D eigenvalue weighted by atomic mass is 32.1. The largest absolute Gasteiger partial charge is 0.228 e. The Morgan fingerprint density at radius 3 is 1.64 bits per heavy atom. The molecule has 10 aromatic rings. The van der Waals surface area contributed by atoms with Crippen LogP contribution in [-0.4, -0.2) is 9.97 Å². The van der Waals surface area contributed by atoms with Gasteiger partial charge < -0.3 is 0 Å². The van der Waals surface area contributed by atoms with Gasteiger partial charge >= 0.3 is 0 Å². The number of fused-ring (bicyclic) bond motifs is 6. The highest BCUT2D eigenvalue weighted by molar-refractivity contribution is 7.25. The Bertz CT molecular complexity index is 3030. The van der Waals surface area contributed by atoms with E-state index in [2.05, 4.69) is 188 Å². The Labute approximate surface area is 330 Å². The summed E-state index contributed by atoms with van der Waals surface area (Å²) in [5.41, 5.74) is 14.4. The molecule has 0 spiro atoms. The van der Waals surface area contributed by atoms with Crippen LogP contribution in [0.1, 0.15) is 22.3 Å². The molecule has 1 aliphatic carbocycles. The van der Waals surface area contributed by atoms with Gasteiger partial charge in [0, 0.05) is 36.9 Å². The fraction of sp³-hybridized carbons (Fsp3) is 0.0189. The molecule has 0 radical (unpaired) electrons. The molecule has 11 rings (SSSR count). The number of rotatable bonds is 6. The maximum Gasteiger partial charge on any atom is 0.160 e. The molecule has 0 unspecified atom stereocenters. The minimum absolute atomic E-state index is 0.491. The average Bonchev–Trinajstić information content (AvgIpc) is 3.81. The van der Waals surface area contributed by atoms with Gasteiger partial charge in [-0.15, -0.1) is 11.3 Å². The van der Waals surface area contributed by atoms with Crippen LogP contribution in [0.25, 0.3) is 76.3 Å². The molecule has 56 heavy (non-hydrogen) atoms. The van der Waals surface area contributed by atoms with Crippen LogP contribution in [-0.2, 0) is 5.41 Å². The molecule has 0 N–H and O–H groups in total. The number of hydrogen-bond donors (Lipinski definition) is 0. The second kappa shape index (κ2) is 13.1. The predicted octanol–water partition coefficient (Wildman–Crippen LogP) is 13.9. The van der Waals surface area contributed by atoms with E-state index in [1.807, 2.05) is 29.5 Å². The Balaban J connectivity index is 1.07. The van der Waals surface area contributed by atoms with Crippen molar-refractivity contribution >= 4 is 31.5 Å². The predicted molar refractivity (Wildman–Crippen MR) is 234 cm³/mol. The van der Waals surface area contributed by atoms with Crippen LogP contribution in [0, 0.1) is 0 Å². The molecule has 8 aromatic carbocycles. The molecular weight excluding hydrogens is 697 g/mol. The number of aromatic nitrogens is 2. The smallest absolute Gasteiger partial charge is 0.160 e. The van der Waals surface area contributed by atoms with Crippen molar-refractivity contribution in [2.24, 2.45) is 0 Å². The van der Waals surface area contributed by atoms with Gasteiger partial charge in [0.1, 0.15) is 0 Å². The lowest BCUT2D eigenvalue weighted by Crippen LogP contribution is -2.28. The number of thiophene rings is 1. The van der Waals surface area contributed by atoms with Crippen molar-refractivity contribution in [3.8, 4) is 56.2 Å². The molecule has 2 nitrogen and oxygen atoms in total. The highest BCUT2D eigenvalue weighted by Gasteiger charge is 2.45. The van der Waals surface area contributed by atoms with Crippen molar-refractivity contribution in [2.75, 3.05) is 0 Å². The Morgan fingerprint density at radius 1 is 0.357 bits per heavy atom. The van der Waals surface area contributed by atoms with E-state index in [1.165, 1.54) is 64.7 Å². The standard InChI is InChI=1S/C53H34N2S/c1-3-15-37(16-4-1)52-54-47(36-31-29-35(30-32-36)41-24-14-28-50-51(41)44-23-9-12-27-49(44)56-50)34-48(55-52)38-17-13-20-40(33-38)53(39-18-5-2-6-19-39)45-25-10-7-21-42(45)43-22-8-11-26-46(43)53/h1-34H. The molecule has 262 valence electrons. The Hall–Kier alpha value is -6.94. The van der Waals surface area contributed by atoms with E-state index in [1.54, 1.807) is 0 Å². The second-order valence-electron chi connectivity index (χ2n) is 14.5. The van der Waals surface area contributed by atoms with E-state index < -0.39 is 5.41 Å². The zero-order chi connectivity index (χ0) is 37.1. The van der Waals surface area contributed by atoms with Crippen LogP contribution >= 0.6 is 11.3 Å². The summed E-state index contributed by atoms with van der Waals surface area (Å²) in [6.07, 6.45) is 0. The summed E-state index contributed by atoms with van der Waals surface area (Å²) in [6.45, 7) is 0. The van der Waals surface area contributed by atoms with E-state index in [0.29, 0.717) is 5.82 Å². The zero-order valence-corrected chi connectivity index (χ0v) is 31.2. The molecular formula is C53H34N2S. The first-order valence-corrected chi connectivity index (χ1v) is 19.9. The van der Waals surface area contributed by atoms with Crippen molar-refractivity contribution in [3.05, 3.63) is 229 Å². The molecule has 0 bridgehead atoms. The fourth-order valence-corrected chi connectivity index (χ4v) is 10.1. The summed E-state index contributed by atoms with van der Waals surface area (Å²) in [4.78, 5) is 10.5. The topological polar surface area (TPSA) is 25.8 Å². The van der Waals surface area contributed by atoms with E-state index >= 15 is 0 Å². The molecule has 2 heterocycles. The van der Waals surface area contributed by atoms with Gasteiger partial charge in [0.2, 0.25) is 0 Å². The van der Waals surface area contributed by atoms with Crippen LogP contribution in [0.2, 0.25) is 0 Å². The third-order valence-electron chi connectivity index (χ3n) is 11.4. The molecule has 2 aromatic heterocycles. The van der Waals surface area contributed by atoms with Crippen molar-refractivity contribution < 1.29 is 0 Å². The lowest BCUT2D eigenvalue weighted by atomic mass is 9.67. The maximum absolute atomic E-state index is 5.26. The van der Waals surface area contributed by atoms with Gasteiger partial charge in [0.15, 0.2) is 5.82 Å². The lowest BCUT2D eigenvalue weighted by Gasteiger charge is -2.34. The Morgan fingerprint density at radius 2 is 0.893 bits per heavy atom. The maximum atomic E-state index is 5.26. The quantitative estimate of drug-likeness (QED) is 0.170. The second-order valence-corrected chi connectivity index (χ2v) is 15.6. The molecule has 0 saturated carbocycles. The van der Waals surface area contributed by atoms with E-state index in [9.17, 15) is 0 Å². The zero-order valence-electron chi connectivity index (χ0n) is 30.4. The Kier molecular flexibility index (Phi) is 7.61.